The van der Waals surface area contributed by atoms with Crippen molar-refractivity contribution < 1.29 is 36.3 Å². The summed E-state index contributed by atoms with van der Waals surface area (Å²) in [6, 6.07) is 7.26. The Labute approximate surface area is 225 Å². The number of nitrogens with one attached hydrogen (secondary N) is 1. The molecule has 1 aromatic heterocycles. The molecule has 3 atom stereocenters. The molecule has 2 aliphatic rings. The molecule has 2 aromatic rings. The van der Waals surface area contributed by atoms with Crippen molar-refractivity contribution in [3.63, 3.8) is 0 Å². The molecule has 0 aliphatic carbocycles. The van der Waals surface area contributed by atoms with Gasteiger partial charge in [0.25, 0.3) is 5.91 Å². The molecule has 39 heavy (non-hydrogen) atoms. The fourth-order valence-corrected chi connectivity index (χ4v) is 6.75. The van der Waals surface area contributed by atoms with Crippen LogP contribution in [0.3, 0.4) is 0 Å². The molecule has 1 aromatic carbocycles. The number of hydrogen-bond acceptors (Lipinski definition) is 7. The topological polar surface area (TPSA) is 126 Å². The maximum atomic E-state index is 13.1. The number of ketones is 1. The van der Waals surface area contributed by atoms with Crippen molar-refractivity contribution in [2.24, 2.45) is 5.92 Å². The van der Waals surface area contributed by atoms with E-state index in [1.165, 1.54) is 39.7 Å². The van der Waals surface area contributed by atoms with Gasteiger partial charge in [0.1, 0.15) is 11.8 Å². The van der Waals surface area contributed by atoms with E-state index >= 15 is 0 Å². The quantitative estimate of drug-likeness (QED) is 0.444. The first-order valence-electron chi connectivity index (χ1n) is 12.6. The summed E-state index contributed by atoms with van der Waals surface area (Å²) < 4.78 is 56.1. The predicted molar refractivity (Wildman–Crippen MR) is 136 cm³/mol. The van der Waals surface area contributed by atoms with Gasteiger partial charge >= 0.3 is 6.61 Å². The van der Waals surface area contributed by atoms with Crippen molar-refractivity contribution in [1.29, 1.82) is 0 Å². The second kappa shape index (κ2) is 12.2. The highest BCUT2D eigenvalue weighted by Gasteiger charge is 2.53. The van der Waals surface area contributed by atoms with Crippen molar-refractivity contribution in [1.82, 2.24) is 19.5 Å². The van der Waals surface area contributed by atoms with E-state index in [4.69, 9.17) is 0 Å². The molecule has 2 saturated heterocycles. The highest BCUT2D eigenvalue weighted by Crippen LogP contribution is 2.33. The Morgan fingerprint density at radius 2 is 1.95 bits per heavy atom. The standard InChI is InChI=1S/C26H30F2N4O6S/c1-17(8-11-30-25(35)19-4-6-20(7-5-19)38-26(27)28)13-23(34)31-12-9-21-24(31)22(33)15-32(21)39(36,37)16-18-3-2-10-29-14-18/h2-7,10,14,17,21,24,26H,8-9,11-13,15-16H2,1H3,(H,30,35). The monoisotopic (exact) mass is 564 g/mol. The average molecular weight is 565 g/mol. The molecule has 0 radical (unpaired) electrons. The van der Waals surface area contributed by atoms with Crippen LogP contribution in [0.25, 0.3) is 0 Å². The predicted octanol–water partition coefficient (Wildman–Crippen LogP) is 2.21. The Balaban J connectivity index is 1.26. The van der Waals surface area contributed by atoms with E-state index in [2.05, 4.69) is 15.0 Å². The third-order valence-electron chi connectivity index (χ3n) is 6.91. The van der Waals surface area contributed by atoms with Crippen LogP contribution in [0.4, 0.5) is 8.78 Å². The summed E-state index contributed by atoms with van der Waals surface area (Å²) in [4.78, 5) is 43.6. The lowest BCUT2D eigenvalue weighted by Crippen LogP contribution is -2.44. The molecule has 4 rings (SSSR count). The van der Waals surface area contributed by atoms with Crippen LogP contribution in [0, 0.1) is 5.92 Å². The highest BCUT2D eigenvalue weighted by molar-refractivity contribution is 7.88. The second-order valence-electron chi connectivity index (χ2n) is 9.77. The third-order valence-corrected chi connectivity index (χ3v) is 8.73. The van der Waals surface area contributed by atoms with Gasteiger partial charge in [-0.2, -0.15) is 13.1 Å². The maximum absolute atomic E-state index is 13.1. The lowest BCUT2D eigenvalue weighted by Gasteiger charge is -2.25. The number of alkyl halides is 2. The Morgan fingerprint density at radius 3 is 2.62 bits per heavy atom. The first-order valence-corrected chi connectivity index (χ1v) is 14.2. The number of fused-ring (bicyclic) bond motifs is 1. The molecule has 2 amide bonds. The number of carbonyl (C=O) groups is 3. The fraction of sp³-hybridized carbons (Fsp3) is 0.462. The van der Waals surface area contributed by atoms with Crippen molar-refractivity contribution in [3.05, 3.63) is 59.9 Å². The minimum Gasteiger partial charge on any atom is -0.435 e. The molecule has 210 valence electrons. The van der Waals surface area contributed by atoms with Crippen LogP contribution in [0.2, 0.25) is 0 Å². The van der Waals surface area contributed by atoms with E-state index in [-0.39, 0.29) is 60.1 Å². The molecule has 2 fully saturated rings. The molecule has 0 spiro atoms. The number of Topliss-reactive ketones (excluding diaryl/α,β-unsaturated/α-hetero) is 1. The summed E-state index contributed by atoms with van der Waals surface area (Å²) in [5.74, 6) is -1.32. The zero-order valence-corrected chi connectivity index (χ0v) is 22.1. The van der Waals surface area contributed by atoms with Crippen molar-refractivity contribution in [2.75, 3.05) is 19.6 Å². The summed E-state index contributed by atoms with van der Waals surface area (Å²) in [6.45, 7) is -0.758. The highest BCUT2D eigenvalue weighted by atomic mass is 32.2. The number of benzene rings is 1. The maximum Gasteiger partial charge on any atom is 0.387 e. The number of likely N-dealkylation sites (tertiary alicyclic amines) is 1. The number of ether oxygens (including phenoxy) is 1. The Morgan fingerprint density at radius 1 is 1.21 bits per heavy atom. The van der Waals surface area contributed by atoms with Crippen LogP contribution in [0.1, 0.15) is 42.1 Å². The number of pyridine rings is 1. The zero-order valence-electron chi connectivity index (χ0n) is 21.3. The SMILES string of the molecule is CC(CCNC(=O)c1ccc(OC(F)F)cc1)CC(=O)N1CCC2C1C(=O)CN2S(=O)(=O)Cc1cccnc1. The summed E-state index contributed by atoms with van der Waals surface area (Å²) in [6.07, 6.45) is 4.05. The molecule has 2 aliphatic heterocycles. The number of halogens is 2. The normalized spacial score (nSPS) is 20.2. The van der Waals surface area contributed by atoms with Crippen LogP contribution in [-0.4, -0.2) is 78.5 Å². The average Bonchev–Trinajstić information content (AvgIpc) is 3.46. The molecule has 0 saturated carbocycles. The van der Waals surface area contributed by atoms with Gasteiger partial charge in [-0.3, -0.25) is 19.4 Å². The van der Waals surface area contributed by atoms with Gasteiger partial charge in [0.15, 0.2) is 5.78 Å². The van der Waals surface area contributed by atoms with Gasteiger partial charge < -0.3 is 15.0 Å². The number of sulfonamides is 1. The first-order chi connectivity index (χ1) is 18.5. The molecule has 10 nitrogen and oxygen atoms in total. The van der Waals surface area contributed by atoms with Crippen LogP contribution < -0.4 is 10.1 Å². The van der Waals surface area contributed by atoms with Crippen LogP contribution in [0.15, 0.2) is 48.8 Å². The molecule has 1 N–H and O–H groups in total. The van der Waals surface area contributed by atoms with E-state index in [1.807, 2.05) is 6.92 Å². The lowest BCUT2D eigenvalue weighted by atomic mass is 10.0. The number of nitrogens with zero attached hydrogens (tertiary/aromatic N) is 3. The van der Waals surface area contributed by atoms with Gasteiger partial charge in [-0.05, 0) is 54.7 Å². The van der Waals surface area contributed by atoms with Crippen molar-refractivity contribution in [3.8, 4) is 5.75 Å². The third kappa shape index (κ3) is 6.95. The molecule has 3 heterocycles. The van der Waals surface area contributed by atoms with Crippen LogP contribution in [-0.2, 0) is 25.4 Å². The van der Waals surface area contributed by atoms with Gasteiger partial charge in [-0.15, -0.1) is 0 Å². The number of aromatic nitrogens is 1. The van der Waals surface area contributed by atoms with Gasteiger partial charge in [0.05, 0.1) is 18.3 Å². The van der Waals surface area contributed by atoms with Crippen LogP contribution in [0.5, 0.6) is 5.75 Å². The summed E-state index contributed by atoms with van der Waals surface area (Å²) in [5, 5.41) is 2.73. The fourth-order valence-electron chi connectivity index (χ4n) is 5.03. The second-order valence-corrected chi connectivity index (χ2v) is 11.7. The summed E-state index contributed by atoms with van der Waals surface area (Å²) in [7, 11) is -3.77. The Hall–Kier alpha value is -3.45. The minimum atomic E-state index is -3.77. The lowest BCUT2D eigenvalue weighted by molar-refractivity contribution is -0.137. The number of hydrogen-bond donors (Lipinski definition) is 1. The minimum absolute atomic E-state index is 0.0483. The van der Waals surface area contributed by atoms with E-state index in [1.54, 1.807) is 18.3 Å². The van der Waals surface area contributed by atoms with Gasteiger partial charge in [0, 0.05) is 37.5 Å². The van der Waals surface area contributed by atoms with Crippen LogP contribution >= 0.6 is 0 Å². The number of amides is 2. The smallest absolute Gasteiger partial charge is 0.387 e. The number of rotatable bonds is 11. The van der Waals surface area contributed by atoms with E-state index in [0.29, 0.717) is 24.9 Å². The molecular formula is C26H30F2N4O6S. The van der Waals surface area contributed by atoms with Gasteiger partial charge in [-0.25, -0.2) is 8.42 Å². The van der Waals surface area contributed by atoms with E-state index in [0.717, 1.165) is 0 Å². The van der Waals surface area contributed by atoms with Crippen molar-refractivity contribution in [2.45, 2.75) is 50.6 Å². The van der Waals surface area contributed by atoms with Gasteiger partial charge in [0.2, 0.25) is 15.9 Å². The number of carbonyl (C=O) groups excluding carboxylic acids is 3. The van der Waals surface area contributed by atoms with E-state index < -0.39 is 28.7 Å². The van der Waals surface area contributed by atoms with Gasteiger partial charge in [-0.1, -0.05) is 13.0 Å². The Bertz CT molecular complexity index is 1290. The molecular weight excluding hydrogens is 534 g/mol. The summed E-state index contributed by atoms with van der Waals surface area (Å²) >= 11 is 0. The zero-order chi connectivity index (χ0) is 28.2. The van der Waals surface area contributed by atoms with Crippen molar-refractivity contribution >= 4 is 27.6 Å². The molecule has 13 heteroatoms. The molecule has 3 unspecified atom stereocenters. The van der Waals surface area contributed by atoms with E-state index in [9.17, 15) is 31.6 Å². The molecule has 0 bridgehead atoms. The first kappa shape index (κ1) is 28.6. The Kier molecular flexibility index (Phi) is 8.90. The largest absolute Gasteiger partial charge is 0.435 e. The summed E-state index contributed by atoms with van der Waals surface area (Å²) in [5.41, 5.74) is 0.809.